The van der Waals surface area contributed by atoms with Crippen molar-refractivity contribution in [1.29, 1.82) is 0 Å². The second kappa shape index (κ2) is 8.29. The largest absolute Gasteiger partial charge is 0.507 e. The second-order valence-electron chi connectivity index (χ2n) is 8.81. The van der Waals surface area contributed by atoms with Crippen molar-refractivity contribution >= 4 is 27.8 Å². The van der Waals surface area contributed by atoms with E-state index < -0.39 is 0 Å². The van der Waals surface area contributed by atoms with Crippen molar-refractivity contribution in [1.82, 2.24) is 9.97 Å². The molecule has 0 aliphatic rings. The molecule has 0 atom stereocenters. The molecule has 4 aromatic carbocycles. The fraction of sp³-hybridized carbons (Fsp3) is 0.0667. The van der Waals surface area contributed by atoms with E-state index >= 15 is 0 Å². The Labute approximate surface area is 201 Å². The Morgan fingerprint density at radius 2 is 1.71 bits per heavy atom. The highest BCUT2D eigenvalue weighted by atomic mass is 16.3. The number of aromatic hydroxyl groups is 1. The lowest BCUT2D eigenvalue weighted by molar-refractivity contribution is 0.101. The molecular formula is C30H22N2O3. The molecule has 0 spiro atoms. The third kappa shape index (κ3) is 3.97. The number of carbonyl (C=O) groups is 1. The Kier molecular flexibility index (Phi) is 4.96. The number of H-pyrrole nitrogens is 1. The SMILES string of the molecule is Cc1ccc2nc(-c3cc(Cc4ccc5oc(C(=O)c6ccccc6)cc5c4)ccc3O)[nH]c2c1. The van der Waals surface area contributed by atoms with Gasteiger partial charge in [-0.2, -0.15) is 0 Å². The summed E-state index contributed by atoms with van der Waals surface area (Å²) in [6.07, 6.45) is 0.662. The van der Waals surface area contributed by atoms with Crippen LogP contribution in [0.1, 0.15) is 32.8 Å². The van der Waals surface area contributed by atoms with Crippen LogP contribution < -0.4 is 0 Å². The molecule has 0 aliphatic carbocycles. The molecule has 2 heterocycles. The summed E-state index contributed by atoms with van der Waals surface area (Å²) in [5, 5.41) is 11.4. The van der Waals surface area contributed by atoms with Crippen LogP contribution in [0.25, 0.3) is 33.4 Å². The van der Waals surface area contributed by atoms with Gasteiger partial charge in [-0.05, 0) is 72.5 Å². The van der Waals surface area contributed by atoms with Crippen molar-refractivity contribution < 1.29 is 14.3 Å². The summed E-state index contributed by atoms with van der Waals surface area (Å²) in [5.41, 5.74) is 7.01. The molecule has 170 valence electrons. The second-order valence-corrected chi connectivity index (χ2v) is 8.81. The number of benzene rings is 4. The molecule has 0 aliphatic heterocycles. The van der Waals surface area contributed by atoms with Crippen LogP contribution in [-0.4, -0.2) is 20.9 Å². The summed E-state index contributed by atoms with van der Waals surface area (Å²) < 4.78 is 5.82. The molecule has 0 amide bonds. The normalized spacial score (nSPS) is 11.3. The van der Waals surface area contributed by atoms with E-state index in [4.69, 9.17) is 4.42 Å². The number of nitrogens with one attached hydrogen (secondary N) is 1. The quantitative estimate of drug-likeness (QED) is 0.278. The van der Waals surface area contributed by atoms with E-state index in [1.54, 1.807) is 24.3 Å². The lowest BCUT2D eigenvalue weighted by Gasteiger charge is -2.07. The number of ketones is 1. The van der Waals surface area contributed by atoms with Crippen molar-refractivity contribution in [2.75, 3.05) is 0 Å². The molecule has 0 radical (unpaired) electrons. The van der Waals surface area contributed by atoms with Crippen LogP contribution in [0, 0.1) is 6.92 Å². The third-order valence-electron chi connectivity index (χ3n) is 6.20. The van der Waals surface area contributed by atoms with Crippen molar-refractivity contribution in [2.45, 2.75) is 13.3 Å². The number of hydrogen-bond donors (Lipinski definition) is 2. The summed E-state index contributed by atoms with van der Waals surface area (Å²) in [5.74, 6) is 1.01. The van der Waals surface area contributed by atoms with E-state index in [2.05, 4.69) is 9.97 Å². The number of aryl methyl sites for hydroxylation is 1. The van der Waals surface area contributed by atoms with Crippen molar-refractivity contribution in [2.24, 2.45) is 0 Å². The fourth-order valence-corrected chi connectivity index (χ4v) is 4.42. The van der Waals surface area contributed by atoms with Gasteiger partial charge >= 0.3 is 0 Å². The predicted molar refractivity (Wildman–Crippen MR) is 137 cm³/mol. The third-order valence-corrected chi connectivity index (χ3v) is 6.20. The zero-order valence-corrected chi connectivity index (χ0v) is 19.1. The smallest absolute Gasteiger partial charge is 0.228 e. The first-order chi connectivity index (χ1) is 17.0. The number of furan rings is 1. The number of hydrogen-bond acceptors (Lipinski definition) is 4. The number of carbonyl (C=O) groups excluding carboxylic acids is 1. The highest BCUT2D eigenvalue weighted by molar-refractivity contribution is 6.09. The number of nitrogens with zero attached hydrogens (tertiary/aromatic N) is 1. The lowest BCUT2D eigenvalue weighted by Crippen LogP contribution is -1.98. The van der Waals surface area contributed by atoms with E-state index in [1.165, 1.54) is 0 Å². The number of aromatic nitrogens is 2. The zero-order chi connectivity index (χ0) is 23.9. The van der Waals surface area contributed by atoms with Crippen molar-refractivity contribution in [3.63, 3.8) is 0 Å². The predicted octanol–water partition coefficient (Wildman–Crippen LogP) is 6.81. The molecule has 2 aromatic heterocycles. The number of aromatic amines is 1. The van der Waals surface area contributed by atoms with Crippen LogP contribution >= 0.6 is 0 Å². The fourth-order valence-electron chi connectivity index (χ4n) is 4.42. The molecule has 2 N–H and O–H groups in total. The zero-order valence-electron chi connectivity index (χ0n) is 19.1. The molecule has 0 saturated carbocycles. The van der Waals surface area contributed by atoms with E-state index in [9.17, 15) is 9.90 Å². The van der Waals surface area contributed by atoms with Gasteiger partial charge in [0.25, 0.3) is 0 Å². The number of fused-ring (bicyclic) bond motifs is 2. The van der Waals surface area contributed by atoms with Gasteiger partial charge < -0.3 is 14.5 Å². The maximum absolute atomic E-state index is 12.8. The summed E-state index contributed by atoms with van der Waals surface area (Å²) in [6.45, 7) is 2.04. The first-order valence-corrected chi connectivity index (χ1v) is 11.4. The van der Waals surface area contributed by atoms with Gasteiger partial charge in [0.2, 0.25) is 5.78 Å². The minimum absolute atomic E-state index is 0.132. The molecule has 0 bridgehead atoms. The van der Waals surface area contributed by atoms with Crippen molar-refractivity contribution in [3.8, 4) is 17.1 Å². The number of rotatable bonds is 5. The average molecular weight is 459 g/mol. The van der Waals surface area contributed by atoms with Gasteiger partial charge in [-0.15, -0.1) is 0 Å². The van der Waals surface area contributed by atoms with Crippen LogP contribution in [0.5, 0.6) is 5.75 Å². The maximum Gasteiger partial charge on any atom is 0.228 e. The van der Waals surface area contributed by atoms with E-state index in [-0.39, 0.29) is 11.5 Å². The van der Waals surface area contributed by atoms with Gasteiger partial charge in [-0.3, -0.25) is 4.79 Å². The Morgan fingerprint density at radius 1 is 0.914 bits per heavy atom. The maximum atomic E-state index is 12.8. The van der Waals surface area contributed by atoms with Gasteiger partial charge in [0, 0.05) is 10.9 Å². The van der Waals surface area contributed by atoms with E-state index in [0.29, 0.717) is 34.7 Å². The Bertz CT molecular complexity index is 1710. The highest BCUT2D eigenvalue weighted by Crippen LogP contribution is 2.31. The molecule has 5 heteroatoms. The van der Waals surface area contributed by atoms with Gasteiger partial charge in [-0.25, -0.2) is 4.98 Å². The first kappa shape index (κ1) is 20.9. The van der Waals surface area contributed by atoms with Gasteiger partial charge in [0.05, 0.1) is 16.6 Å². The topological polar surface area (TPSA) is 79.1 Å². The van der Waals surface area contributed by atoms with Crippen LogP contribution in [0.15, 0.2) is 95.4 Å². The van der Waals surface area contributed by atoms with Gasteiger partial charge in [-0.1, -0.05) is 48.5 Å². The van der Waals surface area contributed by atoms with Crippen LogP contribution in [0.4, 0.5) is 0 Å². The molecule has 0 fully saturated rings. The number of phenols is 1. The summed E-state index contributed by atoms with van der Waals surface area (Å²) in [7, 11) is 0. The number of imidazole rings is 1. The minimum atomic E-state index is -0.132. The summed E-state index contributed by atoms with van der Waals surface area (Å²) >= 11 is 0. The average Bonchev–Trinajstić information content (AvgIpc) is 3.49. The molecule has 6 aromatic rings. The highest BCUT2D eigenvalue weighted by Gasteiger charge is 2.15. The Hall–Kier alpha value is -4.64. The van der Waals surface area contributed by atoms with Gasteiger partial charge in [0.15, 0.2) is 5.76 Å². The van der Waals surface area contributed by atoms with Crippen molar-refractivity contribution in [3.05, 3.63) is 119 Å². The monoisotopic (exact) mass is 458 g/mol. The summed E-state index contributed by atoms with van der Waals surface area (Å²) in [4.78, 5) is 20.7. The molecule has 0 unspecified atom stereocenters. The Balaban J connectivity index is 1.30. The van der Waals surface area contributed by atoms with Crippen LogP contribution in [0.2, 0.25) is 0 Å². The lowest BCUT2D eigenvalue weighted by atomic mass is 10.0. The standard InChI is InChI=1S/C30H22N2O3/c1-18-7-10-24-25(13-18)32-30(31-24)23-16-20(8-11-26(23)33)14-19-9-12-27-22(15-19)17-28(35-27)29(34)21-5-3-2-4-6-21/h2-13,15-17,33H,14H2,1H3,(H,31,32). The van der Waals surface area contributed by atoms with E-state index in [1.807, 2.05) is 73.7 Å². The molecule has 6 rings (SSSR count). The van der Waals surface area contributed by atoms with Gasteiger partial charge in [0.1, 0.15) is 17.2 Å². The van der Waals surface area contributed by atoms with Crippen LogP contribution in [0.3, 0.4) is 0 Å². The minimum Gasteiger partial charge on any atom is -0.507 e. The Morgan fingerprint density at radius 3 is 2.57 bits per heavy atom. The van der Waals surface area contributed by atoms with E-state index in [0.717, 1.165) is 33.1 Å². The molecular weight excluding hydrogens is 436 g/mol. The number of phenolic OH excluding ortho intramolecular Hbond substituents is 1. The first-order valence-electron chi connectivity index (χ1n) is 11.4. The molecule has 35 heavy (non-hydrogen) atoms. The summed E-state index contributed by atoms with van der Waals surface area (Å²) in [6, 6.07) is 28.5. The molecule has 5 nitrogen and oxygen atoms in total. The molecule has 0 saturated heterocycles. The van der Waals surface area contributed by atoms with Crippen LogP contribution in [-0.2, 0) is 6.42 Å².